The number of Topliss-reactive ketones (excluding diaryl/α,β-unsaturated/α-hetero) is 1. The molecule has 2 aliphatic rings. The van der Waals surface area contributed by atoms with Crippen LogP contribution in [0.5, 0.6) is 0 Å². The van der Waals surface area contributed by atoms with E-state index in [0.29, 0.717) is 38.0 Å². The van der Waals surface area contributed by atoms with E-state index < -0.39 is 29.7 Å². The van der Waals surface area contributed by atoms with Crippen molar-refractivity contribution in [3.8, 4) is 0 Å². The Balaban J connectivity index is 1.29. The molecule has 10 nitrogen and oxygen atoms in total. The Kier molecular flexibility index (Phi) is 8.76. The summed E-state index contributed by atoms with van der Waals surface area (Å²) in [5, 5.41) is 9.11. The summed E-state index contributed by atoms with van der Waals surface area (Å²) >= 11 is 0. The molecule has 0 unspecified atom stereocenters. The molecule has 0 bridgehead atoms. The van der Waals surface area contributed by atoms with Gasteiger partial charge in [0.2, 0.25) is 17.6 Å². The number of nitrogens with zero attached hydrogens (tertiary/aromatic N) is 1. The van der Waals surface area contributed by atoms with Gasteiger partial charge in [0.1, 0.15) is 11.7 Å². The van der Waals surface area contributed by atoms with Gasteiger partial charge in [0.15, 0.2) is 0 Å². The van der Waals surface area contributed by atoms with E-state index >= 15 is 0 Å². The van der Waals surface area contributed by atoms with E-state index in [2.05, 4.69) is 20.9 Å². The molecule has 0 spiro atoms. The van der Waals surface area contributed by atoms with Crippen LogP contribution in [-0.2, 0) is 25.7 Å². The summed E-state index contributed by atoms with van der Waals surface area (Å²) in [5.41, 5.74) is 2.06. The Morgan fingerprint density at radius 3 is 2.51 bits per heavy atom. The number of fused-ring (bicyclic) bond motifs is 1. The summed E-state index contributed by atoms with van der Waals surface area (Å²) in [7, 11) is 0. The van der Waals surface area contributed by atoms with Crippen molar-refractivity contribution < 1.29 is 24.0 Å². The van der Waals surface area contributed by atoms with E-state index in [9.17, 15) is 24.0 Å². The summed E-state index contributed by atoms with van der Waals surface area (Å²) in [4.78, 5) is 70.1. The monoisotopic (exact) mass is 557 g/mol. The van der Waals surface area contributed by atoms with Gasteiger partial charge in [-0.3, -0.25) is 24.0 Å². The van der Waals surface area contributed by atoms with Gasteiger partial charge in [-0.15, -0.1) is 0 Å². The number of amides is 4. The van der Waals surface area contributed by atoms with Crippen molar-refractivity contribution in [2.45, 2.75) is 57.2 Å². The minimum Gasteiger partial charge on any atom is -0.356 e. The highest BCUT2D eigenvalue weighted by molar-refractivity contribution is 6.38. The smallest absolute Gasteiger partial charge is 0.289 e. The number of nitrogens with one attached hydrogen (secondary N) is 4. The number of para-hydroxylation sites is 1. The van der Waals surface area contributed by atoms with Gasteiger partial charge in [-0.25, -0.2) is 0 Å². The number of aromatic nitrogens is 1. The molecule has 41 heavy (non-hydrogen) atoms. The average Bonchev–Trinajstić information content (AvgIpc) is 3.63. The fourth-order valence-electron chi connectivity index (χ4n) is 5.64. The molecule has 4 N–H and O–H groups in total. The molecule has 1 aromatic heterocycles. The molecule has 3 atom stereocenters. The summed E-state index contributed by atoms with van der Waals surface area (Å²) in [6.45, 7) is 1.15. The van der Waals surface area contributed by atoms with Crippen molar-refractivity contribution in [2.75, 3.05) is 13.1 Å². The predicted octanol–water partition coefficient (Wildman–Crippen LogP) is 2.45. The van der Waals surface area contributed by atoms with Crippen molar-refractivity contribution in [2.24, 2.45) is 5.92 Å². The number of rotatable bonds is 10. The standard InChI is InChI=1S/C31H35N5O5/c37-27(30(40)33-19-20-8-2-1-3-9-20)24(14-13-21-15-16-32-28(21)38)35-29(39)26-12-6-7-17-36(26)31(41)25-18-22-10-4-5-11-23(22)34-25/h1-5,8-11,18,21,24,26,34H,6-7,12-17,19H2,(H,32,38)(H,33,40)(H,35,39)/t21-,24+,26+/m1/s1. The van der Waals surface area contributed by atoms with Crippen molar-refractivity contribution in [1.82, 2.24) is 25.8 Å². The highest BCUT2D eigenvalue weighted by Crippen LogP contribution is 2.23. The van der Waals surface area contributed by atoms with Gasteiger partial charge in [-0.2, -0.15) is 0 Å². The zero-order valence-electron chi connectivity index (χ0n) is 22.9. The molecule has 3 aromatic rings. The van der Waals surface area contributed by atoms with Crippen LogP contribution < -0.4 is 16.0 Å². The zero-order chi connectivity index (χ0) is 28.8. The molecule has 2 saturated heterocycles. The molecule has 0 saturated carbocycles. The third kappa shape index (κ3) is 6.65. The van der Waals surface area contributed by atoms with E-state index in [-0.39, 0.29) is 30.7 Å². The number of hydrogen-bond donors (Lipinski definition) is 4. The van der Waals surface area contributed by atoms with Crippen molar-refractivity contribution in [3.63, 3.8) is 0 Å². The van der Waals surface area contributed by atoms with E-state index in [4.69, 9.17) is 0 Å². The SMILES string of the molecule is O=C(NCc1ccccc1)C(=O)[C@H](CC[C@@H]1CCNC1=O)NC(=O)[C@@H]1CCCCN1C(=O)c1cc2ccccc2[nH]1. The lowest BCUT2D eigenvalue weighted by molar-refractivity contribution is -0.141. The van der Waals surface area contributed by atoms with Crippen LogP contribution in [0.2, 0.25) is 0 Å². The third-order valence-corrected chi connectivity index (χ3v) is 7.95. The first kappa shape index (κ1) is 28.1. The molecule has 2 aromatic carbocycles. The second kappa shape index (κ2) is 12.8. The Morgan fingerprint density at radius 1 is 0.976 bits per heavy atom. The number of H-pyrrole nitrogens is 1. The Bertz CT molecular complexity index is 1400. The van der Waals surface area contributed by atoms with Crippen molar-refractivity contribution >= 4 is 40.3 Å². The molecule has 2 aliphatic heterocycles. The van der Waals surface area contributed by atoms with Gasteiger partial charge in [-0.1, -0.05) is 48.5 Å². The predicted molar refractivity (Wildman–Crippen MR) is 153 cm³/mol. The number of hydrogen-bond acceptors (Lipinski definition) is 5. The first-order chi connectivity index (χ1) is 19.9. The van der Waals surface area contributed by atoms with E-state index in [0.717, 1.165) is 29.3 Å². The van der Waals surface area contributed by atoms with E-state index in [1.807, 2.05) is 54.6 Å². The number of carbonyl (C=O) groups excluding carboxylic acids is 5. The van der Waals surface area contributed by atoms with Crippen LogP contribution in [0.15, 0.2) is 60.7 Å². The minimum atomic E-state index is -1.11. The topological polar surface area (TPSA) is 140 Å². The number of aromatic amines is 1. The lowest BCUT2D eigenvalue weighted by Crippen LogP contribution is -2.56. The average molecular weight is 558 g/mol. The highest BCUT2D eigenvalue weighted by atomic mass is 16.2. The van der Waals surface area contributed by atoms with Crippen LogP contribution in [0.25, 0.3) is 10.9 Å². The van der Waals surface area contributed by atoms with Crippen LogP contribution >= 0.6 is 0 Å². The second-order valence-corrected chi connectivity index (χ2v) is 10.7. The van der Waals surface area contributed by atoms with E-state index in [1.54, 1.807) is 11.0 Å². The van der Waals surface area contributed by atoms with E-state index in [1.165, 1.54) is 0 Å². The molecule has 4 amide bonds. The van der Waals surface area contributed by atoms with Crippen LogP contribution in [0.1, 0.15) is 54.6 Å². The van der Waals surface area contributed by atoms with Crippen LogP contribution in [-0.4, -0.2) is 64.5 Å². The fraction of sp³-hybridized carbons (Fsp3) is 0.387. The maximum absolute atomic E-state index is 13.6. The van der Waals surface area contributed by atoms with Crippen LogP contribution in [0, 0.1) is 5.92 Å². The lowest BCUT2D eigenvalue weighted by atomic mass is 9.95. The molecule has 2 fully saturated rings. The normalized spacial score (nSPS) is 19.4. The van der Waals surface area contributed by atoms with Gasteiger partial charge >= 0.3 is 0 Å². The van der Waals surface area contributed by atoms with Gasteiger partial charge < -0.3 is 25.8 Å². The number of benzene rings is 2. The number of likely N-dealkylation sites (tertiary alicyclic amines) is 1. The maximum Gasteiger partial charge on any atom is 0.289 e. The summed E-state index contributed by atoms with van der Waals surface area (Å²) in [5.74, 6) is -2.68. The van der Waals surface area contributed by atoms with Gasteiger partial charge in [0, 0.05) is 36.5 Å². The Morgan fingerprint density at radius 2 is 1.76 bits per heavy atom. The van der Waals surface area contributed by atoms with Crippen LogP contribution in [0.4, 0.5) is 0 Å². The molecule has 214 valence electrons. The zero-order valence-corrected chi connectivity index (χ0v) is 22.9. The Labute approximate surface area is 238 Å². The molecular formula is C31H35N5O5. The van der Waals surface area contributed by atoms with Crippen molar-refractivity contribution in [1.29, 1.82) is 0 Å². The lowest BCUT2D eigenvalue weighted by Gasteiger charge is -2.35. The maximum atomic E-state index is 13.6. The number of carbonyl (C=O) groups is 5. The first-order valence-electron chi connectivity index (χ1n) is 14.2. The van der Waals surface area contributed by atoms with Gasteiger partial charge in [-0.05, 0) is 56.2 Å². The largest absolute Gasteiger partial charge is 0.356 e. The molecule has 0 aliphatic carbocycles. The quantitative estimate of drug-likeness (QED) is 0.284. The molecule has 5 rings (SSSR count). The Hall–Kier alpha value is -4.47. The summed E-state index contributed by atoms with van der Waals surface area (Å²) < 4.78 is 0. The first-order valence-corrected chi connectivity index (χ1v) is 14.2. The third-order valence-electron chi connectivity index (χ3n) is 7.95. The van der Waals surface area contributed by atoms with Crippen LogP contribution in [0.3, 0.4) is 0 Å². The highest BCUT2D eigenvalue weighted by Gasteiger charge is 2.37. The number of ketones is 1. The molecular weight excluding hydrogens is 522 g/mol. The molecule has 0 radical (unpaired) electrons. The van der Waals surface area contributed by atoms with Gasteiger partial charge in [0.05, 0.1) is 6.04 Å². The number of piperidine rings is 1. The molecule has 3 heterocycles. The summed E-state index contributed by atoms with van der Waals surface area (Å²) in [6, 6.07) is 16.7. The summed E-state index contributed by atoms with van der Waals surface area (Å²) in [6.07, 6.45) is 3.11. The minimum absolute atomic E-state index is 0.0848. The van der Waals surface area contributed by atoms with Crippen molar-refractivity contribution in [3.05, 3.63) is 71.9 Å². The fourth-order valence-corrected chi connectivity index (χ4v) is 5.64. The molecule has 10 heteroatoms. The second-order valence-electron chi connectivity index (χ2n) is 10.7. The van der Waals surface area contributed by atoms with Gasteiger partial charge in [0.25, 0.3) is 11.8 Å².